The minimum Gasteiger partial charge on any atom is -0.314 e. The van der Waals surface area contributed by atoms with E-state index in [1.807, 2.05) is 0 Å². The Bertz CT molecular complexity index is 97.6. The molecule has 0 aromatic carbocycles. The fraction of sp³-hybridized carbons (Fsp3) is 1.00. The van der Waals surface area contributed by atoms with E-state index < -0.39 is 0 Å². The molecule has 0 aromatic rings. The molecule has 0 saturated carbocycles. The lowest BCUT2D eigenvalue weighted by Gasteiger charge is -2.26. The standard InChI is InChI=1S/C11H25N/c1-8(2)11(9(3)4)7-12-10(5)6/h8-12H,7H2,1-6H3. The Hall–Kier alpha value is -0.0400. The van der Waals surface area contributed by atoms with Gasteiger partial charge < -0.3 is 5.32 Å². The van der Waals surface area contributed by atoms with Gasteiger partial charge >= 0.3 is 0 Å². The lowest BCUT2D eigenvalue weighted by molar-refractivity contribution is 0.270. The monoisotopic (exact) mass is 171 g/mol. The van der Waals surface area contributed by atoms with Gasteiger partial charge in [-0.1, -0.05) is 41.5 Å². The molecule has 0 bridgehead atoms. The molecule has 0 atom stereocenters. The van der Waals surface area contributed by atoms with Crippen molar-refractivity contribution in [3.8, 4) is 0 Å². The Morgan fingerprint density at radius 1 is 0.833 bits per heavy atom. The quantitative estimate of drug-likeness (QED) is 0.670. The van der Waals surface area contributed by atoms with Crippen LogP contribution >= 0.6 is 0 Å². The lowest BCUT2D eigenvalue weighted by atomic mass is 9.85. The molecule has 12 heavy (non-hydrogen) atoms. The van der Waals surface area contributed by atoms with Crippen LogP contribution in [0.2, 0.25) is 0 Å². The van der Waals surface area contributed by atoms with Crippen molar-refractivity contribution in [2.75, 3.05) is 6.54 Å². The summed E-state index contributed by atoms with van der Waals surface area (Å²) in [5, 5.41) is 3.51. The number of hydrogen-bond acceptors (Lipinski definition) is 1. The van der Waals surface area contributed by atoms with Crippen LogP contribution < -0.4 is 5.32 Å². The molecule has 0 aliphatic heterocycles. The first kappa shape index (κ1) is 12.0. The largest absolute Gasteiger partial charge is 0.314 e. The van der Waals surface area contributed by atoms with Crippen LogP contribution in [0.5, 0.6) is 0 Å². The molecular weight excluding hydrogens is 146 g/mol. The molecule has 0 spiro atoms. The van der Waals surface area contributed by atoms with Gasteiger partial charge in [-0.2, -0.15) is 0 Å². The third kappa shape index (κ3) is 4.76. The fourth-order valence-corrected chi connectivity index (χ4v) is 1.61. The number of rotatable bonds is 5. The van der Waals surface area contributed by atoms with Crippen LogP contribution in [0.4, 0.5) is 0 Å². The van der Waals surface area contributed by atoms with Crippen LogP contribution in [0.1, 0.15) is 41.5 Å². The molecule has 0 amide bonds. The maximum absolute atomic E-state index is 3.51. The van der Waals surface area contributed by atoms with Crippen LogP contribution in [0.15, 0.2) is 0 Å². The van der Waals surface area contributed by atoms with Crippen molar-refractivity contribution in [1.82, 2.24) is 5.32 Å². The van der Waals surface area contributed by atoms with Crippen LogP contribution in [0.25, 0.3) is 0 Å². The minimum atomic E-state index is 0.616. The molecule has 1 N–H and O–H groups in total. The van der Waals surface area contributed by atoms with Gasteiger partial charge in [0.15, 0.2) is 0 Å². The SMILES string of the molecule is CC(C)NCC(C(C)C)C(C)C. The van der Waals surface area contributed by atoms with E-state index in [1.165, 1.54) is 0 Å². The zero-order chi connectivity index (χ0) is 9.72. The molecule has 0 aromatic heterocycles. The fourth-order valence-electron chi connectivity index (χ4n) is 1.61. The molecule has 0 saturated heterocycles. The van der Waals surface area contributed by atoms with Crippen LogP contribution in [0.3, 0.4) is 0 Å². The molecule has 0 fully saturated rings. The van der Waals surface area contributed by atoms with E-state index in [0.717, 1.165) is 24.3 Å². The molecule has 0 heterocycles. The van der Waals surface area contributed by atoms with Gasteiger partial charge in [0, 0.05) is 6.04 Å². The van der Waals surface area contributed by atoms with Crippen LogP contribution in [-0.4, -0.2) is 12.6 Å². The summed E-state index contributed by atoms with van der Waals surface area (Å²) in [5.41, 5.74) is 0. The highest BCUT2D eigenvalue weighted by Gasteiger charge is 2.16. The second kappa shape index (κ2) is 5.58. The second-order valence-electron chi connectivity index (χ2n) is 4.71. The van der Waals surface area contributed by atoms with Gasteiger partial charge in [0.1, 0.15) is 0 Å². The average molecular weight is 171 g/mol. The molecule has 0 unspecified atom stereocenters. The summed E-state index contributed by atoms with van der Waals surface area (Å²) >= 11 is 0. The summed E-state index contributed by atoms with van der Waals surface area (Å²) in [6.07, 6.45) is 0. The van der Waals surface area contributed by atoms with Crippen molar-refractivity contribution in [3.05, 3.63) is 0 Å². The van der Waals surface area contributed by atoms with Crippen molar-refractivity contribution in [1.29, 1.82) is 0 Å². The number of hydrogen-bond donors (Lipinski definition) is 1. The van der Waals surface area contributed by atoms with Gasteiger partial charge in [0.2, 0.25) is 0 Å². The van der Waals surface area contributed by atoms with Gasteiger partial charge in [0.25, 0.3) is 0 Å². The summed E-state index contributed by atoms with van der Waals surface area (Å²) in [5.74, 6) is 2.39. The molecule has 0 rings (SSSR count). The van der Waals surface area contributed by atoms with Gasteiger partial charge in [-0.25, -0.2) is 0 Å². The zero-order valence-corrected chi connectivity index (χ0v) is 9.52. The third-order valence-corrected chi connectivity index (χ3v) is 2.47. The second-order valence-corrected chi connectivity index (χ2v) is 4.71. The molecule has 0 aliphatic carbocycles. The van der Waals surface area contributed by atoms with E-state index in [9.17, 15) is 0 Å². The van der Waals surface area contributed by atoms with E-state index in [4.69, 9.17) is 0 Å². The summed E-state index contributed by atoms with van der Waals surface area (Å²) < 4.78 is 0. The van der Waals surface area contributed by atoms with E-state index in [2.05, 4.69) is 46.9 Å². The molecular formula is C11H25N. The molecule has 0 aliphatic rings. The Balaban J connectivity index is 3.80. The van der Waals surface area contributed by atoms with Gasteiger partial charge in [-0.15, -0.1) is 0 Å². The molecule has 1 heteroatoms. The van der Waals surface area contributed by atoms with E-state index in [0.29, 0.717) is 6.04 Å². The summed E-state index contributed by atoms with van der Waals surface area (Å²) in [7, 11) is 0. The molecule has 0 radical (unpaired) electrons. The van der Waals surface area contributed by atoms with Crippen molar-refractivity contribution in [2.45, 2.75) is 47.6 Å². The topological polar surface area (TPSA) is 12.0 Å². The first-order chi connectivity index (χ1) is 5.45. The van der Waals surface area contributed by atoms with Gasteiger partial charge in [-0.3, -0.25) is 0 Å². The first-order valence-electron chi connectivity index (χ1n) is 5.18. The third-order valence-electron chi connectivity index (χ3n) is 2.47. The normalized spacial score (nSPS) is 12.5. The van der Waals surface area contributed by atoms with E-state index in [1.54, 1.807) is 0 Å². The van der Waals surface area contributed by atoms with Crippen LogP contribution in [0, 0.1) is 17.8 Å². The maximum Gasteiger partial charge on any atom is 0.00104 e. The summed E-state index contributed by atoms with van der Waals surface area (Å²) in [6.45, 7) is 14.8. The molecule has 74 valence electrons. The van der Waals surface area contributed by atoms with Crippen LogP contribution in [-0.2, 0) is 0 Å². The van der Waals surface area contributed by atoms with Gasteiger partial charge in [-0.05, 0) is 24.3 Å². The van der Waals surface area contributed by atoms with Crippen molar-refractivity contribution >= 4 is 0 Å². The minimum absolute atomic E-state index is 0.616. The Morgan fingerprint density at radius 2 is 1.25 bits per heavy atom. The Morgan fingerprint density at radius 3 is 1.50 bits per heavy atom. The highest BCUT2D eigenvalue weighted by molar-refractivity contribution is 4.70. The van der Waals surface area contributed by atoms with E-state index in [-0.39, 0.29) is 0 Å². The molecule has 1 nitrogen and oxygen atoms in total. The highest BCUT2D eigenvalue weighted by Crippen LogP contribution is 2.19. The van der Waals surface area contributed by atoms with Crippen molar-refractivity contribution < 1.29 is 0 Å². The smallest absolute Gasteiger partial charge is 0.00104 e. The summed E-state index contributed by atoms with van der Waals surface area (Å²) in [6, 6.07) is 0.616. The summed E-state index contributed by atoms with van der Waals surface area (Å²) in [4.78, 5) is 0. The first-order valence-corrected chi connectivity index (χ1v) is 5.18. The van der Waals surface area contributed by atoms with E-state index >= 15 is 0 Å². The average Bonchev–Trinajstić information content (AvgIpc) is 1.84. The maximum atomic E-state index is 3.51. The lowest BCUT2D eigenvalue weighted by Crippen LogP contribution is -2.33. The van der Waals surface area contributed by atoms with Crippen molar-refractivity contribution in [3.63, 3.8) is 0 Å². The van der Waals surface area contributed by atoms with Gasteiger partial charge in [0.05, 0.1) is 0 Å². The predicted molar refractivity (Wildman–Crippen MR) is 56.3 cm³/mol. The highest BCUT2D eigenvalue weighted by atomic mass is 14.9. The number of nitrogens with one attached hydrogen (secondary N) is 1. The zero-order valence-electron chi connectivity index (χ0n) is 9.52. The Labute approximate surface area is 77.9 Å². The Kier molecular flexibility index (Phi) is 5.56. The predicted octanol–water partition coefficient (Wildman–Crippen LogP) is 2.91. The van der Waals surface area contributed by atoms with Crippen molar-refractivity contribution in [2.24, 2.45) is 17.8 Å².